The van der Waals surface area contributed by atoms with E-state index in [1.165, 1.54) is 0 Å². The molecule has 92 valence electrons. The SMILES string of the molecule is COc1cnc(C(F)F)c(C(=O)Cl)c1[N+](=O)[O-]. The Balaban J connectivity index is 3.65. The number of ether oxygens (including phenoxy) is 1. The number of alkyl halides is 2. The van der Waals surface area contributed by atoms with Gasteiger partial charge in [-0.25, -0.2) is 8.78 Å². The number of rotatable bonds is 4. The summed E-state index contributed by atoms with van der Waals surface area (Å²) < 4.78 is 29.6. The van der Waals surface area contributed by atoms with E-state index >= 15 is 0 Å². The third-order valence-corrected chi connectivity index (χ3v) is 2.04. The van der Waals surface area contributed by atoms with Crippen molar-refractivity contribution in [2.45, 2.75) is 6.43 Å². The molecule has 0 saturated carbocycles. The molecule has 1 heterocycles. The molecule has 9 heteroatoms. The van der Waals surface area contributed by atoms with Crippen molar-refractivity contribution in [1.82, 2.24) is 4.98 Å². The van der Waals surface area contributed by atoms with E-state index in [9.17, 15) is 23.7 Å². The molecule has 0 atom stereocenters. The largest absolute Gasteiger partial charge is 0.489 e. The fraction of sp³-hybridized carbons (Fsp3) is 0.250. The number of nitro groups is 1. The van der Waals surface area contributed by atoms with E-state index in [4.69, 9.17) is 11.6 Å². The zero-order chi connectivity index (χ0) is 13.2. The van der Waals surface area contributed by atoms with Crippen LogP contribution in [0.3, 0.4) is 0 Å². The Morgan fingerprint density at radius 3 is 2.59 bits per heavy atom. The number of carbonyl (C=O) groups is 1. The quantitative estimate of drug-likeness (QED) is 0.474. The van der Waals surface area contributed by atoms with Gasteiger partial charge in [-0.05, 0) is 11.6 Å². The predicted octanol–water partition coefficient (Wildman–Crippen LogP) is 2.32. The molecule has 1 aromatic heterocycles. The number of halogens is 3. The van der Waals surface area contributed by atoms with Gasteiger partial charge in [-0.1, -0.05) is 0 Å². The molecule has 0 N–H and O–H groups in total. The van der Waals surface area contributed by atoms with Crippen LogP contribution < -0.4 is 4.74 Å². The van der Waals surface area contributed by atoms with Crippen molar-refractivity contribution in [2.75, 3.05) is 7.11 Å². The van der Waals surface area contributed by atoms with Crippen LogP contribution in [0.1, 0.15) is 22.5 Å². The minimum Gasteiger partial charge on any atom is -0.489 e. The minimum atomic E-state index is -3.16. The van der Waals surface area contributed by atoms with E-state index in [2.05, 4.69) is 9.72 Å². The van der Waals surface area contributed by atoms with Crippen LogP contribution in [0, 0.1) is 10.1 Å². The molecule has 0 fully saturated rings. The molecule has 0 bridgehead atoms. The number of methoxy groups -OCH3 is 1. The maximum absolute atomic E-state index is 12.5. The second kappa shape index (κ2) is 5.00. The van der Waals surface area contributed by atoms with Gasteiger partial charge in [0.2, 0.25) is 5.75 Å². The summed E-state index contributed by atoms with van der Waals surface area (Å²) in [6, 6.07) is 0. The summed E-state index contributed by atoms with van der Waals surface area (Å²) in [6.45, 7) is 0. The second-order valence-electron chi connectivity index (χ2n) is 2.77. The van der Waals surface area contributed by atoms with E-state index in [0.717, 1.165) is 13.3 Å². The van der Waals surface area contributed by atoms with Crippen LogP contribution in [-0.4, -0.2) is 22.3 Å². The van der Waals surface area contributed by atoms with Gasteiger partial charge in [0.05, 0.1) is 18.2 Å². The maximum Gasteiger partial charge on any atom is 0.326 e. The van der Waals surface area contributed by atoms with Crippen molar-refractivity contribution >= 4 is 22.5 Å². The van der Waals surface area contributed by atoms with Crippen LogP contribution >= 0.6 is 11.6 Å². The lowest BCUT2D eigenvalue weighted by Crippen LogP contribution is -2.08. The van der Waals surface area contributed by atoms with Crippen LogP contribution in [0.25, 0.3) is 0 Å². The molecule has 0 amide bonds. The standard InChI is InChI=1S/C8H5ClF2N2O4/c1-17-3-2-12-5(8(10)11)4(7(9)14)6(3)13(15)16/h2,8H,1H3. The van der Waals surface area contributed by atoms with Gasteiger partial charge in [0.15, 0.2) is 0 Å². The summed E-state index contributed by atoms with van der Waals surface area (Å²) in [7, 11) is 1.08. The van der Waals surface area contributed by atoms with Crippen molar-refractivity contribution in [3.63, 3.8) is 0 Å². The first-order chi connectivity index (χ1) is 7.90. The summed E-state index contributed by atoms with van der Waals surface area (Å²) in [5.41, 5.74) is -2.92. The van der Waals surface area contributed by atoms with Gasteiger partial charge >= 0.3 is 5.69 Å². The second-order valence-corrected chi connectivity index (χ2v) is 3.11. The molecule has 17 heavy (non-hydrogen) atoms. The lowest BCUT2D eigenvalue weighted by Gasteiger charge is -2.07. The van der Waals surface area contributed by atoms with Gasteiger partial charge in [-0.15, -0.1) is 0 Å². The van der Waals surface area contributed by atoms with Crippen molar-refractivity contribution in [1.29, 1.82) is 0 Å². The van der Waals surface area contributed by atoms with E-state index in [-0.39, 0.29) is 0 Å². The fourth-order valence-corrected chi connectivity index (χ4v) is 1.37. The summed E-state index contributed by atoms with van der Waals surface area (Å²) in [4.78, 5) is 23.9. The molecular weight excluding hydrogens is 262 g/mol. The van der Waals surface area contributed by atoms with Crippen molar-refractivity contribution in [3.8, 4) is 5.75 Å². The van der Waals surface area contributed by atoms with Crippen molar-refractivity contribution < 1.29 is 23.2 Å². The normalized spacial score (nSPS) is 10.4. The Kier molecular flexibility index (Phi) is 3.89. The lowest BCUT2D eigenvalue weighted by atomic mass is 10.1. The number of aromatic nitrogens is 1. The minimum absolute atomic E-state index is 0.414. The molecule has 1 rings (SSSR count). The van der Waals surface area contributed by atoms with Gasteiger partial charge in [-0.3, -0.25) is 19.9 Å². The molecule has 0 unspecified atom stereocenters. The summed E-state index contributed by atoms with van der Waals surface area (Å²) in [5.74, 6) is -0.414. The first kappa shape index (κ1) is 13.2. The van der Waals surface area contributed by atoms with Crippen LogP contribution in [0.15, 0.2) is 6.20 Å². The molecular formula is C8H5ClF2N2O4. The molecule has 0 aromatic carbocycles. The van der Waals surface area contributed by atoms with Gasteiger partial charge in [0, 0.05) is 0 Å². The van der Waals surface area contributed by atoms with E-state index < -0.39 is 39.3 Å². The van der Waals surface area contributed by atoms with Crippen molar-refractivity contribution in [3.05, 3.63) is 27.6 Å². The maximum atomic E-state index is 12.5. The summed E-state index contributed by atoms with van der Waals surface area (Å²) in [5, 5.41) is 9.33. The Labute approximate surface area is 98.3 Å². The average molecular weight is 267 g/mol. The smallest absolute Gasteiger partial charge is 0.326 e. The lowest BCUT2D eigenvalue weighted by molar-refractivity contribution is -0.386. The zero-order valence-electron chi connectivity index (χ0n) is 8.32. The molecule has 0 aliphatic rings. The number of nitrogens with zero attached hydrogens (tertiary/aromatic N) is 2. The molecule has 0 aliphatic heterocycles. The monoisotopic (exact) mass is 266 g/mol. The molecule has 1 aromatic rings. The average Bonchev–Trinajstić information content (AvgIpc) is 2.26. The Bertz CT molecular complexity index is 481. The van der Waals surface area contributed by atoms with Crippen LogP contribution in [0.2, 0.25) is 0 Å². The molecule has 0 aliphatic carbocycles. The molecule has 0 radical (unpaired) electrons. The van der Waals surface area contributed by atoms with E-state index in [1.807, 2.05) is 0 Å². The van der Waals surface area contributed by atoms with Gasteiger partial charge < -0.3 is 4.74 Å². The van der Waals surface area contributed by atoms with E-state index in [0.29, 0.717) is 0 Å². The molecule has 6 nitrogen and oxygen atoms in total. The Morgan fingerprint density at radius 1 is 1.65 bits per heavy atom. The Morgan fingerprint density at radius 2 is 2.24 bits per heavy atom. The topological polar surface area (TPSA) is 82.3 Å². The van der Waals surface area contributed by atoms with Gasteiger partial charge in [0.1, 0.15) is 11.3 Å². The predicted molar refractivity (Wildman–Crippen MR) is 52.6 cm³/mol. The van der Waals surface area contributed by atoms with Crippen molar-refractivity contribution in [2.24, 2.45) is 0 Å². The first-order valence-corrected chi connectivity index (χ1v) is 4.47. The van der Waals surface area contributed by atoms with Gasteiger partial charge in [-0.2, -0.15) is 0 Å². The highest BCUT2D eigenvalue weighted by Gasteiger charge is 2.32. The van der Waals surface area contributed by atoms with Gasteiger partial charge in [0.25, 0.3) is 11.7 Å². The number of hydrogen-bond donors (Lipinski definition) is 0. The van der Waals surface area contributed by atoms with Crippen LogP contribution in [0.4, 0.5) is 14.5 Å². The van der Waals surface area contributed by atoms with Crippen LogP contribution in [-0.2, 0) is 0 Å². The number of hydrogen-bond acceptors (Lipinski definition) is 5. The van der Waals surface area contributed by atoms with Crippen LogP contribution in [0.5, 0.6) is 5.75 Å². The first-order valence-electron chi connectivity index (χ1n) is 4.09. The number of carbonyl (C=O) groups excluding carboxylic acids is 1. The highest BCUT2D eigenvalue weighted by atomic mass is 35.5. The highest BCUT2D eigenvalue weighted by Crippen LogP contribution is 2.36. The third kappa shape index (κ3) is 2.47. The Hall–Kier alpha value is -1.83. The number of pyridine rings is 1. The summed E-state index contributed by atoms with van der Waals surface area (Å²) >= 11 is 5.06. The van der Waals surface area contributed by atoms with E-state index in [1.54, 1.807) is 0 Å². The third-order valence-electron chi connectivity index (χ3n) is 1.85. The fourth-order valence-electron chi connectivity index (χ4n) is 1.19. The molecule has 0 saturated heterocycles. The molecule has 0 spiro atoms. The zero-order valence-corrected chi connectivity index (χ0v) is 9.07. The summed E-state index contributed by atoms with van der Waals surface area (Å²) in [6.07, 6.45) is -2.42. The highest BCUT2D eigenvalue weighted by molar-refractivity contribution is 6.68.